The highest BCUT2D eigenvalue weighted by atomic mass is 16.2. The summed E-state index contributed by atoms with van der Waals surface area (Å²) in [5.41, 5.74) is 1.12. The Morgan fingerprint density at radius 2 is 1.84 bits per heavy atom. The number of nitrogens with zero attached hydrogens (tertiary/aromatic N) is 2. The Balaban J connectivity index is 2.24. The first-order valence-electron chi connectivity index (χ1n) is 7.28. The summed E-state index contributed by atoms with van der Waals surface area (Å²) in [7, 11) is 1.89. The molecule has 0 N–H and O–H groups in total. The van der Waals surface area contributed by atoms with E-state index in [0.717, 1.165) is 25.2 Å². The van der Waals surface area contributed by atoms with Crippen LogP contribution in [-0.2, 0) is 4.79 Å². The van der Waals surface area contributed by atoms with Gasteiger partial charge < -0.3 is 4.90 Å². The summed E-state index contributed by atoms with van der Waals surface area (Å²) in [6.45, 7) is 4.85. The first kappa shape index (κ1) is 14.1. The second-order valence-corrected chi connectivity index (χ2v) is 5.26. The number of piperidine rings is 1. The minimum absolute atomic E-state index is 0.105. The fraction of sp³-hybridized carbons (Fsp3) is 0.562. The molecule has 0 bridgehead atoms. The van der Waals surface area contributed by atoms with Crippen molar-refractivity contribution < 1.29 is 4.79 Å². The smallest absolute Gasteiger partial charge is 0.244 e. The van der Waals surface area contributed by atoms with Gasteiger partial charge in [-0.1, -0.05) is 36.8 Å². The lowest BCUT2D eigenvalue weighted by Crippen LogP contribution is -2.43. The van der Waals surface area contributed by atoms with Gasteiger partial charge in [0.1, 0.15) is 6.04 Å². The molecule has 0 saturated carbocycles. The van der Waals surface area contributed by atoms with Crippen molar-refractivity contribution in [3.63, 3.8) is 0 Å². The number of amides is 1. The van der Waals surface area contributed by atoms with Gasteiger partial charge in [0.2, 0.25) is 5.91 Å². The van der Waals surface area contributed by atoms with Crippen molar-refractivity contribution in [3.8, 4) is 0 Å². The first-order chi connectivity index (χ1) is 9.24. The van der Waals surface area contributed by atoms with Gasteiger partial charge in [0.25, 0.3) is 0 Å². The predicted molar refractivity (Wildman–Crippen MR) is 77.9 cm³/mol. The predicted octanol–water partition coefficient (Wildman–Crippen LogP) is 2.69. The number of carbonyl (C=O) groups is 1. The van der Waals surface area contributed by atoms with E-state index in [1.54, 1.807) is 0 Å². The molecule has 0 aromatic heterocycles. The summed E-state index contributed by atoms with van der Waals surface area (Å²) >= 11 is 0. The maximum absolute atomic E-state index is 12.7. The molecule has 3 heteroatoms. The van der Waals surface area contributed by atoms with E-state index in [9.17, 15) is 4.79 Å². The Hall–Kier alpha value is -1.35. The summed E-state index contributed by atoms with van der Waals surface area (Å²) in [5.74, 6) is 0.218. The van der Waals surface area contributed by atoms with Crippen LogP contribution in [0.5, 0.6) is 0 Å². The second kappa shape index (κ2) is 6.71. The Bertz CT molecular complexity index is 398. The molecule has 0 aliphatic carbocycles. The fourth-order valence-corrected chi connectivity index (χ4v) is 2.69. The van der Waals surface area contributed by atoms with Gasteiger partial charge in [0.05, 0.1) is 0 Å². The second-order valence-electron chi connectivity index (χ2n) is 5.26. The summed E-state index contributed by atoms with van der Waals surface area (Å²) in [6, 6.07) is 10.1. The van der Waals surface area contributed by atoms with Crippen LogP contribution >= 0.6 is 0 Å². The number of benzene rings is 1. The number of likely N-dealkylation sites (tertiary alicyclic amines) is 1. The number of rotatable bonds is 4. The van der Waals surface area contributed by atoms with E-state index in [-0.39, 0.29) is 11.9 Å². The van der Waals surface area contributed by atoms with Crippen LogP contribution in [0.2, 0.25) is 0 Å². The van der Waals surface area contributed by atoms with Gasteiger partial charge in [-0.2, -0.15) is 0 Å². The Morgan fingerprint density at radius 1 is 1.21 bits per heavy atom. The highest BCUT2D eigenvalue weighted by molar-refractivity contribution is 5.83. The third-order valence-corrected chi connectivity index (χ3v) is 3.96. The summed E-state index contributed by atoms with van der Waals surface area (Å²) in [5, 5.41) is 0. The van der Waals surface area contributed by atoms with Crippen molar-refractivity contribution in [1.29, 1.82) is 0 Å². The van der Waals surface area contributed by atoms with Gasteiger partial charge in [0.15, 0.2) is 0 Å². The zero-order chi connectivity index (χ0) is 13.7. The Morgan fingerprint density at radius 3 is 2.42 bits per heavy atom. The fourth-order valence-electron chi connectivity index (χ4n) is 2.69. The van der Waals surface area contributed by atoms with E-state index >= 15 is 0 Å². The van der Waals surface area contributed by atoms with Crippen molar-refractivity contribution in [1.82, 2.24) is 9.80 Å². The molecule has 1 atom stereocenters. The maximum atomic E-state index is 12.7. The molecule has 0 unspecified atom stereocenters. The van der Waals surface area contributed by atoms with Gasteiger partial charge in [-0.25, -0.2) is 0 Å². The van der Waals surface area contributed by atoms with E-state index in [1.165, 1.54) is 19.3 Å². The van der Waals surface area contributed by atoms with E-state index in [1.807, 2.05) is 37.1 Å². The molecule has 1 fully saturated rings. The van der Waals surface area contributed by atoms with Crippen molar-refractivity contribution in [2.24, 2.45) is 0 Å². The van der Waals surface area contributed by atoms with Crippen LogP contribution in [0, 0.1) is 0 Å². The minimum Gasteiger partial charge on any atom is -0.344 e. The number of hydrogen-bond donors (Lipinski definition) is 0. The summed E-state index contributed by atoms with van der Waals surface area (Å²) < 4.78 is 0. The molecule has 1 aliphatic heterocycles. The third kappa shape index (κ3) is 3.35. The minimum atomic E-state index is -0.105. The molecule has 104 valence electrons. The number of hydrogen-bond acceptors (Lipinski definition) is 2. The molecule has 0 radical (unpaired) electrons. The van der Waals surface area contributed by atoms with Crippen LogP contribution in [-0.4, -0.2) is 42.4 Å². The third-order valence-electron chi connectivity index (χ3n) is 3.96. The van der Waals surface area contributed by atoms with E-state index < -0.39 is 0 Å². The molecule has 1 aliphatic rings. The quantitative estimate of drug-likeness (QED) is 0.831. The normalized spacial score (nSPS) is 18.0. The van der Waals surface area contributed by atoms with Gasteiger partial charge in [-0.05, 0) is 38.4 Å². The summed E-state index contributed by atoms with van der Waals surface area (Å²) in [4.78, 5) is 16.8. The molecule has 1 aromatic carbocycles. The highest BCUT2D eigenvalue weighted by Crippen LogP contribution is 2.26. The SMILES string of the molecule is CCN(C)C(=O)[C@@H](c1ccccc1)N1CCCCC1. The molecule has 19 heavy (non-hydrogen) atoms. The van der Waals surface area contributed by atoms with Crippen LogP contribution in [0.1, 0.15) is 37.8 Å². The zero-order valence-electron chi connectivity index (χ0n) is 12.0. The van der Waals surface area contributed by atoms with Gasteiger partial charge in [0, 0.05) is 13.6 Å². The van der Waals surface area contributed by atoms with Gasteiger partial charge in [-0.3, -0.25) is 9.69 Å². The van der Waals surface area contributed by atoms with Crippen LogP contribution in [0.15, 0.2) is 30.3 Å². The van der Waals surface area contributed by atoms with Crippen LogP contribution in [0.25, 0.3) is 0 Å². The lowest BCUT2D eigenvalue weighted by Gasteiger charge is -2.35. The van der Waals surface area contributed by atoms with Crippen LogP contribution < -0.4 is 0 Å². The highest BCUT2D eigenvalue weighted by Gasteiger charge is 2.30. The molecule has 1 aromatic rings. The van der Waals surface area contributed by atoms with Crippen molar-refractivity contribution in [2.45, 2.75) is 32.2 Å². The Kier molecular flexibility index (Phi) is 4.97. The lowest BCUT2D eigenvalue weighted by atomic mass is 10.0. The van der Waals surface area contributed by atoms with Crippen molar-refractivity contribution >= 4 is 5.91 Å². The molecule has 3 nitrogen and oxygen atoms in total. The molecule has 2 rings (SSSR count). The lowest BCUT2D eigenvalue weighted by molar-refractivity contribution is -0.136. The van der Waals surface area contributed by atoms with Crippen LogP contribution in [0.3, 0.4) is 0 Å². The van der Waals surface area contributed by atoms with Gasteiger partial charge in [-0.15, -0.1) is 0 Å². The van der Waals surface area contributed by atoms with Crippen LogP contribution in [0.4, 0.5) is 0 Å². The number of likely N-dealkylation sites (N-methyl/N-ethyl adjacent to an activating group) is 1. The zero-order valence-corrected chi connectivity index (χ0v) is 12.0. The summed E-state index contributed by atoms with van der Waals surface area (Å²) in [6.07, 6.45) is 3.69. The number of carbonyl (C=O) groups excluding carboxylic acids is 1. The van der Waals surface area contributed by atoms with Crippen molar-refractivity contribution in [3.05, 3.63) is 35.9 Å². The monoisotopic (exact) mass is 260 g/mol. The molecular weight excluding hydrogens is 236 g/mol. The maximum Gasteiger partial charge on any atom is 0.244 e. The van der Waals surface area contributed by atoms with Crippen molar-refractivity contribution in [2.75, 3.05) is 26.7 Å². The van der Waals surface area contributed by atoms with E-state index in [2.05, 4.69) is 17.0 Å². The molecular formula is C16H24N2O. The first-order valence-corrected chi connectivity index (χ1v) is 7.28. The van der Waals surface area contributed by atoms with Gasteiger partial charge >= 0.3 is 0 Å². The average molecular weight is 260 g/mol. The average Bonchev–Trinajstić information content (AvgIpc) is 2.49. The standard InChI is InChI=1S/C16H24N2O/c1-3-17(2)16(19)15(14-10-6-4-7-11-14)18-12-8-5-9-13-18/h4,6-7,10-11,15H,3,5,8-9,12-13H2,1-2H3/t15-/m1/s1. The molecule has 0 spiro atoms. The largest absolute Gasteiger partial charge is 0.344 e. The van der Waals surface area contributed by atoms with E-state index in [0.29, 0.717) is 0 Å². The molecule has 1 amide bonds. The topological polar surface area (TPSA) is 23.6 Å². The molecule has 1 heterocycles. The molecule has 1 saturated heterocycles. The van der Waals surface area contributed by atoms with E-state index in [4.69, 9.17) is 0 Å². The Labute approximate surface area is 116 Å².